The third-order valence-electron chi connectivity index (χ3n) is 5.54. The highest BCUT2D eigenvalue weighted by atomic mass is 32.2. The molecule has 0 heterocycles. The van der Waals surface area contributed by atoms with Gasteiger partial charge in [-0.25, -0.2) is 4.79 Å². The fraction of sp³-hybridized carbons (Fsp3) is 0.233. The Morgan fingerprint density at radius 2 is 1.71 bits per heavy atom. The van der Waals surface area contributed by atoms with Crippen LogP contribution in [0.25, 0.3) is 12.2 Å². The molecule has 0 radical (unpaired) electrons. The van der Waals surface area contributed by atoms with Gasteiger partial charge in [-0.1, -0.05) is 74.0 Å². The summed E-state index contributed by atoms with van der Waals surface area (Å²) in [6.07, 6.45) is 8.33. The zero-order valence-electron chi connectivity index (χ0n) is 21.5. The molecule has 3 rings (SSSR count). The van der Waals surface area contributed by atoms with E-state index in [1.54, 1.807) is 24.3 Å². The molecule has 0 aliphatic rings. The van der Waals surface area contributed by atoms with Gasteiger partial charge in [0, 0.05) is 11.6 Å². The van der Waals surface area contributed by atoms with Crippen LogP contribution in [-0.2, 0) is 27.9 Å². The topological polar surface area (TPSA) is 99.1 Å². The predicted molar refractivity (Wildman–Crippen MR) is 149 cm³/mol. The third kappa shape index (κ3) is 9.12. The van der Waals surface area contributed by atoms with Gasteiger partial charge in [-0.3, -0.25) is 0 Å². The average Bonchev–Trinajstić information content (AvgIpc) is 2.91. The summed E-state index contributed by atoms with van der Waals surface area (Å²) in [5, 5.41) is 8.94. The molecule has 0 saturated heterocycles. The number of carbonyl (C=O) groups is 1. The summed E-state index contributed by atoms with van der Waals surface area (Å²) in [7, 11) is -2.21. The molecule has 8 heteroatoms. The minimum Gasteiger partial charge on any atom is -0.493 e. The Balaban J connectivity index is 1.76. The van der Waals surface area contributed by atoms with E-state index >= 15 is 0 Å². The maximum Gasteiger partial charge on any atom is 0.328 e. The Morgan fingerprint density at radius 3 is 2.42 bits per heavy atom. The number of unbranched alkanes of at least 4 members (excludes halogenated alkanes) is 1. The maximum atomic E-state index is 12.2. The number of methoxy groups -OCH3 is 1. The van der Waals surface area contributed by atoms with E-state index < -0.39 is 16.1 Å². The lowest BCUT2D eigenvalue weighted by molar-refractivity contribution is -0.131. The van der Waals surface area contributed by atoms with E-state index in [0.29, 0.717) is 36.5 Å². The SMILES string of the molecule is CCCCS(=O)(=O)Oc1ccc(C/C=C/c2ccc(/C=C/C(=O)O)cc2OCc2ccccc2)cc1OC. The average molecular weight is 537 g/mol. The molecule has 3 aromatic carbocycles. The van der Waals surface area contributed by atoms with Crippen LogP contribution in [0.4, 0.5) is 0 Å². The van der Waals surface area contributed by atoms with Gasteiger partial charge in [-0.15, -0.1) is 0 Å². The molecule has 0 spiro atoms. The number of ether oxygens (including phenoxy) is 2. The summed E-state index contributed by atoms with van der Waals surface area (Å²) < 4.78 is 41.1. The molecule has 38 heavy (non-hydrogen) atoms. The van der Waals surface area contributed by atoms with Crippen LogP contribution >= 0.6 is 0 Å². The standard InChI is InChI=1S/C30H32O7S/c1-3-4-19-38(33,34)37-27-17-14-23(21-29(27)35-2)11-8-12-26-16-13-24(15-18-30(31)32)20-28(26)36-22-25-9-6-5-7-10-25/h5-10,12-18,20-21H,3-4,11,19,22H2,1-2H3,(H,31,32)/b12-8+,18-15+. The van der Waals surface area contributed by atoms with E-state index in [-0.39, 0.29) is 11.5 Å². The van der Waals surface area contributed by atoms with Gasteiger partial charge in [0.15, 0.2) is 11.5 Å². The number of hydrogen-bond acceptors (Lipinski definition) is 6. The first-order chi connectivity index (χ1) is 18.3. The quantitative estimate of drug-likeness (QED) is 0.195. The summed E-state index contributed by atoms with van der Waals surface area (Å²) >= 11 is 0. The van der Waals surface area contributed by atoms with Crippen molar-refractivity contribution in [1.82, 2.24) is 0 Å². The van der Waals surface area contributed by atoms with Gasteiger partial charge in [0.1, 0.15) is 12.4 Å². The van der Waals surface area contributed by atoms with Crippen molar-refractivity contribution in [2.75, 3.05) is 12.9 Å². The molecule has 0 unspecified atom stereocenters. The molecule has 7 nitrogen and oxygen atoms in total. The Labute approximate surface area is 224 Å². The number of hydrogen-bond donors (Lipinski definition) is 1. The van der Waals surface area contributed by atoms with E-state index in [0.717, 1.165) is 29.2 Å². The molecule has 0 saturated carbocycles. The normalized spacial score (nSPS) is 11.6. The first-order valence-corrected chi connectivity index (χ1v) is 13.8. The molecule has 0 fully saturated rings. The van der Waals surface area contributed by atoms with Crippen LogP contribution in [0.15, 0.2) is 78.9 Å². The summed E-state index contributed by atoms with van der Waals surface area (Å²) in [6, 6.07) is 20.4. The van der Waals surface area contributed by atoms with Crippen LogP contribution in [0.1, 0.15) is 42.0 Å². The van der Waals surface area contributed by atoms with E-state index in [2.05, 4.69) is 0 Å². The molecule has 0 aliphatic carbocycles. The summed E-state index contributed by atoms with van der Waals surface area (Å²) in [6.45, 7) is 2.29. The van der Waals surface area contributed by atoms with Crippen LogP contribution in [0.5, 0.6) is 17.2 Å². The van der Waals surface area contributed by atoms with Crippen molar-refractivity contribution in [2.45, 2.75) is 32.8 Å². The van der Waals surface area contributed by atoms with Gasteiger partial charge in [-0.2, -0.15) is 8.42 Å². The van der Waals surface area contributed by atoms with Crippen molar-refractivity contribution >= 4 is 28.2 Å². The smallest absolute Gasteiger partial charge is 0.328 e. The number of allylic oxidation sites excluding steroid dienone is 1. The highest BCUT2D eigenvalue weighted by Gasteiger charge is 2.16. The van der Waals surface area contributed by atoms with E-state index in [1.165, 1.54) is 13.2 Å². The van der Waals surface area contributed by atoms with E-state index in [4.69, 9.17) is 18.8 Å². The van der Waals surface area contributed by atoms with Gasteiger partial charge in [0.25, 0.3) is 0 Å². The van der Waals surface area contributed by atoms with Crippen molar-refractivity contribution in [3.8, 4) is 17.2 Å². The Bertz CT molecular complexity index is 1380. The number of rotatable bonds is 14. The molecule has 0 bridgehead atoms. The van der Waals surface area contributed by atoms with E-state index in [1.807, 2.05) is 61.5 Å². The molecule has 0 aliphatic heterocycles. The summed E-state index contributed by atoms with van der Waals surface area (Å²) in [5.74, 6) is 0.0641. The first kappa shape index (κ1) is 28.5. The summed E-state index contributed by atoms with van der Waals surface area (Å²) in [5.41, 5.74) is 3.47. The molecule has 0 aromatic heterocycles. The highest BCUT2D eigenvalue weighted by molar-refractivity contribution is 7.87. The van der Waals surface area contributed by atoms with Crippen LogP contribution in [0.3, 0.4) is 0 Å². The minimum absolute atomic E-state index is 0.0449. The molecule has 1 N–H and O–H groups in total. The molecular weight excluding hydrogens is 504 g/mol. The lowest BCUT2D eigenvalue weighted by atomic mass is 10.1. The van der Waals surface area contributed by atoms with Crippen LogP contribution in [0.2, 0.25) is 0 Å². The lowest BCUT2D eigenvalue weighted by Crippen LogP contribution is -2.14. The van der Waals surface area contributed by atoms with Crippen LogP contribution in [0, 0.1) is 0 Å². The second kappa shape index (κ2) is 14.0. The Kier molecular flexibility index (Phi) is 10.5. The van der Waals surface area contributed by atoms with Crippen molar-refractivity contribution in [2.24, 2.45) is 0 Å². The number of benzene rings is 3. The van der Waals surface area contributed by atoms with Crippen LogP contribution in [-0.4, -0.2) is 32.4 Å². The van der Waals surface area contributed by atoms with Crippen LogP contribution < -0.4 is 13.7 Å². The second-order valence-electron chi connectivity index (χ2n) is 8.53. The molecular formula is C30H32O7S. The van der Waals surface area contributed by atoms with Crippen molar-refractivity contribution in [3.05, 3.63) is 101 Å². The third-order valence-corrected chi connectivity index (χ3v) is 6.76. The van der Waals surface area contributed by atoms with Crippen molar-refractivity contribution in [3.63, 3.8) is 0 Å². The zero-order chi connectivity index (χ0) is 27.4. The fourth-order valence-corrected chi connectivity index (χ4v) is 4.69. The van der Waals surface area contributed by atoms with Gasteiger partial charge in [-0.05, 0) is 53.8 Å². The Hall–Kier alpha value is -4.04. The number of carboxylic acid groups (broad SMARTS) is 1. The maximum absolute atomic E-state index is 12.2. The fourth-order valence-electron chi connectivity index (χ4n) is 3.55. The molecule has 3 aromatic rings. The molecule has 0 amide bonds. The lowest BCUT2D eigenvalue weighted by Gasteiger charge is -2.12. The first-order valence-electron chi connectivity index (χ1n) is 12.3. The minimum atomic E-state index is -3.68. The second-order valence-corrected chi connectivity index (χ2v) is 10.2. The van der Waals surface area contributed by atoms with Gasteiger partial charge in [0.2, 0.25) is 0 Å². The van der Waals surface area contributed by atoms with Gasteiger partial charge < -0.3 is 18.8 Å². The largest absolute Gasteiger partial charge is 0.493 e. The summed E-state index contributed by atoms with van der Waals surface area (Å²) in [4.78, 5) is 10.9. The monoisotopic (exact) mass is 536 g/mol. The predicted octanol–water partition coefficient (Wildman–Crippen LogP) is 6.14. The zero-order valence-corrected chi connectivity index (χ0v) is 22.3. The Morgan fingerprint density at radius 1 is 0.921 bits per heavy atom. The molecule has 0 atom stereocenters. The van der Waals surface area contributed by atoms with Crippen molar-refractivity contribution < 1.29 is 32.0 Å². The molecule has 200 valence electrons. The van der Waals surface area contributed by atoms with Crippen molar-refractivity contribution in [1.29, 1.82) is 0 Å². The van der Waals surface area contributed by atoms with Gasteiger partial charge in [0.05, 0.1) is 12.9 Å². The number of aliphatic carboxylic acids is 1. The van der Waals surface area contributed by atoms with Gasteiger partial charge >= 0.3 is 16.1 Å². The highest BCUT2D eigenvalue weighted by Crippen LogP contribution is 2.30. The van der Waals surface area contributed by atoms with E-state index in [9.17, 15) is 13.2 Å². The number of carboxylic acids is 1.